The third kappa shape index (κ3) is 0.794. The van der Waals surface area contributed by atoms with Gasteiger partial charge < -0.3 is 9.63 Å². The number of phenolic OH excluding ortho intramolecular Hbond substituents is 1. The Morgan fingerprint density at radius 3 is 2.83 bits per heavy atom. The summed E-state index contributed by atoms with van der Waals surface area (Å²) >= 11 is 0. The third-order valence-electron chi connectivity index (χ3n) is 2.04. The molecule has 3 nitrogen and oxygen atoms in total. The van der Waals surface area contributed by atoms with Gasteiger partial charge in [-0.2, -0.15) is 0 Å². The standard InChI is InChI=1S/C9H9NO2/c1-5-8(11)4-3-7-6(2)10-12-9(5)7/h3-4,11H,1-2H3. The molecule has 12 heavy (non-hydrogen) atoms. The van der Waals surface area contributed by atoms with Crippen molar-refractivity contribution >= 4 is 11.0 Å². The molecule has 0 aliphatic rings. The number of nitrogens with zero attached hydrogens (tertiary/aromatic N) is 1. The van der Waals surface area contributed by atoms with E-state index in [-0.39, 0.29) is 5.75 Å². The Morgan fingerprint density at radius 1 is 1.33 bits per heavy atom. The largest absolute Gasteiger partial charge is 0.508 e. The van der Waals surface area contributed by atoms with Gasteiger partial charge in [-0.1, -0.05) is 5.16 Å². The molecule has 0 aliphatic heterocycles. The highest BCUT2D eigenvalue weighted by Crippen LogP contribution is 2.27. The maximum Gasteiger partial charge on any atom is 0.173 e. The van der Waals surface area contributed by atoms with Crippen molar-refractivity contribution in [1.82, 2.24) is 5.16 Å². The van der Waals surface area contributed by atoms with Crippen molar-refractivity contribution in [1.29, 1.82) is 0 Å². The second-order valence-corrected chi connectivity index (χ2v) is 2.85. The Hall–Kier alpha value is -1.51. The molecule has 1 N–H and O–H groups in total. The smallest absolute Gasteiger partial charge is 0.173 e. The van der Waals surface area contributed by atoms with Crippen LogP contribution < -0.4 is 0 Å². The zero-order valence-corrected chi connectivity index (χ0v) is 6.96. The van der Waals surface area contributed by atoms with E-state index in [1.54, 1.807) is 6.07 Å². The Balaban J connectivity index is 2.93. The van der Waals surface area contributed by atoms with E-state index in [4.69, 9.17) is 4.52 Å². The topological polar surface area (TPSA) is 46.3 Å². The first-order valence-electron chi connectivity index (χ1n) is 3.74. The predicted molar refractivity (Wildman–Crippen MR) is 45.1 cm³/mol. The average molecular weight is 163 g/mol. The van der Waals surface area contributed by atoms with Crippen LogP contribution in [0.25, 0.3) is 11.0 Å². The van der Waals surface area contributed by atoms with Crippen LogP contribution in [0, 0.1) is 13.8 Å². The fourth-order valence-corrected chi connectivity index (χ4v) is 1.25. The van der Waals surface area contributed by atoms with Gasteiger partial charge in [0.15, 0.2) is 5.58 Å². The lowest BCUT2D eigenvalue weighted by molar-refractivity contribution is 0.441. The third-order valence-corrected chi connectivity index (χ3v) is 2.04. The summed E-state index contributed by atoms with van der Waals surface area (Å²) in [6, 6.07) is 3.46. The molecule has 0 amide bonds. The molecule has 0 spiro atoms. The van der Waals surface area contributed by atoms with Crippen LogP contribution in [0.3, 0.4) is 0 Å². The van der Waals surface area contributed by atoms with Crippen LogP contribution in [-0.2, 0) is 0 Å². The molecule has 62 valence electrons. The van der Waals surface area contributed by atoms with Crippen molar-refractivity contribution in [2.24, 2.45) is 0 Å². The molecule has 2 aromatic rings. The highest BCUT2D eigenvalue weighted by molar-refractivity contribution is 5.83. The van der Waals surface area contributed by atoms with Crippen molar-refractivity contribution in [2.75, 3.05) is 0 Å². The van der Waals surface area contributed by atoms with Crippen molar-refractivity contribution < 1.29 is 9.63 Å². The number of aromatic hydroxyl groups is 1. The highest BCUT2D eigenvalue weighted by atomic mass is 16.5. The molecule has 0 bridgehead atoms. The van der Waals surface area contributed by atoms with E-state index in [9.17, 15) is 5.11 Å². The number of aryl methyl sites for hydroxylation is 2. The summed E-state index contributed by atoms with van der Waals surface area (Å²) in [4.78, 5) is 0. The van der Waals surface area contributed by atoms with Crippen molar-refractivity contribution in [3.63, 3.8) is 0 Å². The maximum absolute atomic E-state index is 9.34. The lowest BCUT2D eigenvalue weighted by Crippen LogP contribution is -1.75. The Labute approximate surface area is 69.6 Å². The zero-order valence-electron chi connectivity index (χ0n) is 6.96. The fraction of sp³-hybridized carbons (Fsp3) is 0.222. The summed E-state index contributed by atoms with van der Waals surface area (Å²) < 4.78 is 5.05. The van der Waals surface area contributed by atoms with Crippen LogP contribution >= 0.6 is 0 Å². The highest BCUT2D eigenvalue weighted by Gasteiger charge is 2.08. The predicted octanol–water partition coefficient (Wildman–Crippen LogP) is 2.15. The van der Waals surface area contributed by atoms with E-state index in [0.717, 1.165) is 16.6 Å². The zero-order chi connectivity index (χ0) is 8.72. The lowest BCUT2D eigenvalue weighted by Gasteiger charge is -1.96. The minimum absolute atomic E-state index is 0.249. The minimum Gasteiger partial charge on any atom is -0.508 e. The molecular formula is C9H9NO2. The molecule has 0 atom stereocenters. The summed E-state index contributed by atoms with van der Waals surface area (Å²) in [5.74, 6) is 0.249. The van der Waals surface area contributed by atoms with Crippen molar-refractivity contribution in [3.8, 4) is 5.75 Å². The second kappa shape index (κ2) is 2.24. The summed E-state index contributed by atoms with van der Waals surface area (Å²) in [5.41, 5.74) is 2.27. The van der Waals surface area contributed by atoms with Gasteiger partial charge in [-0.3, -0.25) is 0 Å². The maximum atomic E-state index is 9.34. The number of benzene rings is 1. The molecule has 1 aromatic carbocycles. The van der Waals surface area contributed by atoms with E-state index < -0.39 is 0 Å². The van der Waals surface area contributed by atoms with E-state index >= 15 is 0 Å². The van der Waals surface area contributed by atoms with Gasteiger partial charge in [0.25, 0.3) is 0 Å². The summed E-state index contributed by atoms with van der Waals surface area (Å²) in [5, 5.41) is 14.1. The van der Waals surface area contributed by atoms with Crippen LogP contribution in [0.4, 0.5) is 0 Å². The van der Waals surface area contributed by atoms with Crippen LogP contribution in [-0.4, -0.2) is 10.3 Å². The molecule has 3 heteroatoms. The van der Waals surface area contributed by atoms with Gasteiger partial charge in [0.2, 0.25) is 0 Å². The average Bonchev–Trinajstić information content (AvgIpc) is 2.41. The molecule has 0 unspecified atom stereocenters. The molecule has 1 heterocycles. The Kier molecular flexibility index (Phi) is 1.33. The first-order valence-corrected chi connectivity index (χ1v) is 3.74. The normalized spacial score (nSPS) is 10.8. The summed E-state index contributed by atoms with van der Waals surface area (Å²) in [6.45, 7) is 3.69. The van der Waals surface area contributed by atoms with E-state index in [0.29, 0.717) is 5.58 Å². The molecule has 0 fully saturated rings. The molecule has 1 aromatic heterocycles. The van der Waals surface area contributed by atoms with Crippen molar-refractivity contribution in [3.05, 3.63) is 23.4 Å². The molecular weight excluding hydrogens is 154 g/mol. The lowest BCUT2D eigenvalue weighted by atomic mass is 10.1. The fourth-order valence-electron chi connectivity index (χ4n) is 1.25. The van der Waals surface area contributed by atoms with E-state index in [2.05, 4.69) is 5.16 Å². The van der Waals surface area contributed by atoms with Crippen LogP contribution in [0.15, 0.2) is 16.7 Å². The number of rotatable bonds is 0. The van der Waals surface area contributed by atoms with Gasteiger partial charge in [-0.25, -0.2) is 0 Å². The van der Waals surface area contributed by atoms with Gasteiger partial charge in [0.05, 0.1) is 5.69 Å². The van der Waals surface area contributed by atoms with Crippen LogP contribution in [0.1, 0.15) is 11.3 Å². The Morgan fingerprint density at radius 2 is 2.08 bits per heavy atom. The number of hydrogen-bond donors (Lipinski definition) is 1. The van der Waals surface area contributed by atoms with Gasteiger partial charge in [0.1, 0.15) is 5.75 Å². The Bertz CT molecular complexity index is 431. The first kappa shape index (κ1) is 7.16. The molecule has 2 rings (SSSR count). The number of phenols is 1. The number of aromatic nitrogens is 1. The van der Waals surface area contributed by atoms with Crippen LogP contribution in [0.2, 0.25) is 0 Å². The SMILES string of the molecule is Cc1noc2c(C)c(O)ccc12. The second-order valence-electron chi connectivity index (χ2n) is 2.85. The molecule has 0 radical (unpaired) electrons. The molecule has 0 saturated heterocycles. The first-order chi connectivity index (χ1) is 5.70. The van der Waals surface area contributed by atoms with Crippen LogP contribution in [0.5, 0.6) is 5.75 Å². The monoisotopic (exact) mass is 163 g/mol. The van der Waals surface area contributed by atoms with Gasteiger partial charge in [0, 0.05) is 10.9 Å². The number of hydrogen-bond acceptors (Lipinski definition) is 3. The van der Waals surface area contributed by atoms with Crippen molar-refractivity contribution in [2.45, 2.75) is 13.8 Å². The van der Waals surface area contributed by atoms with Gasteiger partial charge in [-0.15, -0.1) is 0 Å². The minimum atomic E-state index is 0.249. The molecule has 0 saturated carbocycles. The summed E-state index contributed by atoms with van der Waals surface area (Å²) in [7, 11) is 0. The quantitative estimate of drug-likeness (QED) is 0.647. The molecule has 0 aliphatic carbocycles. The number of fused-ring (bicyclic) bond motifs is 1. The van der Waals surface area contributed by atoms with Gasteiger partial charge in [-0.05, 0) is 26.0 Å². The summed E-state index contributed by atoms with van der Waals surface area (Å²) in [6.07, 6.45) is 0. The van der Waals surface area contributed by atoms with E-state index in [1.165, 1.54) is 0 Å². The van der Waals surface area contributed by atoms with Gasteiger partial charge >= 0.3 is 0 Å². The van der Waals surface area contributed by atoms with E-state index in [1.807, 2.05) is 19.9 Å².